The molecule has 19 heavy (non-hydrogen) atoms. The zero-order valence-electron chi connectivity index (χ0n) is 11.5. The highest BCUT2D eigenvalue weighted by Crippen LogP contribution is 2.04. The van der Waals surface area contributed by atoms with Crippen LogP contribution in [0.15, 0.2) is 6.20 Å². The fourth-order valence-electron chi connectivity index (χ4n) is 2.08. The summed E-state index contributed by atoms with van der Waals surface area (Å²) in [5.74, 6) is -0.0317. The Bertz CT molecular complexity index is 414. The molecule has 1 aliphatic heterocycles. The molecule has 0 aliphatic carbocycles. The van der Waals surface area contributed by atoms with E-state index in [0.29, 0.717) is 12.1 Å². The molecule has 1 aliphatic rings. The normalized spacial score (nSPS) is 15.9. The summed E-state index contributed by atoms with van der Waals surface area (Å²) in [6.45, 7) is 7.69. The number of hydrogen-bond acceptors (Lipinski definition) is 4. The number of carbonyl (C=O) groups is 1. The van der Waals surface area contributed by atoms with Gasteiger partial charge in [0, 0.05) is 52.0 Å². The second-order valence-electron chi connectivity index (χ2n) is 4.61. The van der Waals surface area contributed by atoms with Gasteiger partial charge in [0.2, 0.25) is 0 Å². The number of aromatic nitrogens is 2. The average molecular weight is 288 g/mol. The third-order valence-electron chi connectivity index (χ3n) is 3.40. The minimum absolute atomic E-state index is 0. The van der Waals surface area contributed by atoms with Crippen molar-refractivity contribution < 1.29 is 4.79 Å². The average Bonchev–Trinajstić information content (AvgIpc) is 2.71. The molecule has 0 bridgehead atoms. The van der Waals surface area contributed by atoms with Crippen LogP contribution in [-0.4, -0.2) is 59.9 Å². The number of rotatable bonds is 4. The monoisotopic (exact) mass is 287 g/mol. The van der Waals surface area contributed by atoms with Crippen molar-refractivity contribution in [2.24, 2.45) is 7.05 Å². The maximum atomic E-state index is 11.9. The first kappa shape index (κ1) is 15.9. The molecule has 6 nitrogen and oxygen atoms in total. The zero-order valence-corrected chi connectivity index (χ0v) is 12.3. The van der Waals surface area contributed by atoms with E-state index in [0.717, 1.165) is 38.4 Å². The summed E-state index contributed by atoms with van der Waals surface area (Å²) in [5.41, 5.74) is 1.56. The molecule has 1 aromatic rings. The van der Waals surface area contributed by atoms with Crippen molar-refractivity contribution in [2.75, 3.05) is 39.3 Å². The Morgan fingerprint density at radius 3 is 2.74 bits per heavy atom. The summed E-state index contributed by atoms with van der Waals surface area (Å²) in [4.78, 5) is 14.3. The van der Waals surface area contributed by atoms with E-state index in [4.69, 9.17) is 0 Å². The van der Waals surface area contributed by atoms with Gasteiger partial charge in [-0.05, 0) is 6.92 Å². The number of halogens is 1. The van der Waals surface area contributed by atoms with Crippen LogP contribution in [0, 0.1) is 6.92 Å². The standard InChI is InChI=1S/C12H21N5O.ClH/c1-10-11(9-15-16(10)2)12(18)14-5-8-17-6-3-13-4-7-17;/h9,13H,3-8H2,1-2H3,(H,14,18);1H. The molecule has 1 saturated heterocycles. The van der Waals surface area contributed by atoms with Crippen LogP contribution in [0.2, 0.25) is 0 Å². The minimum atomic E-state index is -0.0317. The van der Waals surface area contributed by atoms with Crippen LogP contribution in [0.5, 0.6) is 0 Å². The maximum Gasteiger partial charge on any atom is 0.254 e. The first-order valence-electron chi connectivity index (χ1n) is 6.38. The molecule has 1 amide bonds. The predicted octanol–water partition coefficient (Wildman–Crippen LogP) is -0.215. The smallest absolute Gasteiger partial charge is 0.254 e. The number of carbonyl (C=O) groups excluding carboxylic acids is 1. The Balaban J connectivity index is 0.00000180. The van der Waals surface area contributed by atoms with E-state index in [-0.39, 0.29) is 18.3 Å². The molecule has 108 valence electrons. The van der Waals surface area contributed by atoms with Gasteiger partial charge in [-0.1, -0.05) is 0 Å². The summed E-state index contributed by atoms with van der Waals surface area (Å²) in [6.07, 6.45) is 1.62. The molecule has 0 unspecified atom stereocenters. The Morgan fingerprint density at radius 1 is 1.47 bits per heavy atom. The summed E-state index contributed by atoms with van der Waals surface area (Å²) >= 11 is 0. The number of nitrogens with zero attached hydrogens (tertiary/aromatic N) is 3. The van der Waals surface area contributed by atoms with Gasteiger partial charge < -0.3 is 10.6 Å². The van der Waals surface area contributed by atoms with Gasteiger partial charge in [-0.2, -0.15) is 5.10 Å². The van der Waals surface area contributed by atoms with Gasteiger partial charge in [0.05, 0.1) is 11.8 Å². The predicted molar refractivity (Wildman–Crippen MR) is 76.8 cm³/mol. The first-order chi connectivity index (χ1) is 8.68. The molecule has 7 heteroatoms. The molecule has 1 fully saturated rings. The fourth-order valence-corrected chi connectivity index (χ4v) is 2.08. The SMILES string of the molecule is Cc1c(C(=O)NCCN2CCNCC2)cnn1C.Cl. The Kier molecular flexibility index (Phi) is 6.27. The molecular formula is C12H22ClN5O. The molecule has 2 rings (SSSR count). The highest BCUT2D eigenvalue weighted by Gasteiger charge is 2.13. The van der Waals surface area contributed by atoms with Gasteiger partial charge >= 0.3 is 0 Å². The lowest BCUT2D eigenvalue weighted by atomic mass is 10.2. The lowest BCUT2D eigenvalue weighted by molar-refractivity contribution is 0.0946. The van der Waals surface area contributed by atoms with Gasteiger partial charge in [-0.3, -0.25) is 14.4 Å². The third kappa shape index (κ3) is 4.19. The third-order valence-corrected chi connectivity index (χ3v) is 3.40. The van der Waals surface area contributed by atoms with Crippen LogP contribution >= 0.6 is 12.4 Å². The van der Waals surface area contributed by atoms with Crippen LogP contribution in [0.4, 0.5) is 0 Å². The largest absolute Gasteiger partial charge is 0.351 e. The Labute approximate surface area is 119 Å². The van der Waals surface area contributed by atoms with Crippen molar-refractivity contribution in [3.63, 3.8) is 0 Å². The molecule has 0 spiro atoms. The number of piperazine rings is 1. The van der Waals surface area contributed by atoms with E-state index >= 15 is 0 Å². The summed E-state index contributed by atoms with van der Waals surface area (Å²) < 4.78 is 1.71. The van der Waals surface area contributed by atoms with Gasteiger partial charge in [0.25, 0.3) is 5.91 Å². The van der Waals surface area contributed by atoms with E-state index in [1.807, 2.05) is 14.0 Å². The highest BCUT2D eigenvalue weighted by atomic mass is 35.5. The molecular weight excluding hydrogens is 266 g/mol. The van der Waals surface area contributed by atoms with E-state index in [1.54, 1.807) is 10.9 Å². The zero-order chi connectivity index (χ0) is 13.0. The van der Waals surface area contributed by atoms with E-state index in [1.165, 1.54) is 0 Å². The van der Waals surface area contributed by atoms with Crippen molar-refractivity contribution >= 4 is 18.3 Å². The second kappa shape index (κ2) is 7.47. The molecule has 2 heterocycles. The Hall–Kier alpha value is -1.11. The van der Waals surface area contributed by atoms with E-state index in [2.05, 4.69) is 20.6 Å². The van der Waals surface area contributed by atoms with Gasteiger partial charge in [0.15, 0.2) is 0 Å². The maximum absolute atomic E-state index is 11.9. The molecule has 0 radical (unpaired) electrons. The molecule has 0 saturated carbocycles. The van der Waals surface area contributed by atoms with E-state index in [9.17, 15) is 4.79 Å². The van der Waals surface area contributed by atoms with Gasteiger partial charge in [-0.25, -0.2) is 0 Å². The highest BCUT2D eigenvalue weighted by molar-refractivity contribution is 5.94. The van der Waals surface area contributed by atoms with Crippen molar-refractivity contribution in [3.05, 3.63) is 17.5 Å². The van der Waals surface area contributed by atoms with Crippen LogP contribution < -0.4 is 10.6 Å². The summed E-state index contributed by atoms with van der Waals surface area (Å²) in [7, 11) is 1.84. The van der Waals surface area contributed by atoms with Crippen molar-refractivity contribution in [2.45, 2.75) is 6.92 Å². The molecule has 2 N–H and O–H groups in total. The minimum Gasteiger partial charge on any atom is -0.351 e. The second-order valence-corrected chi connectivity index (χ2v) is 4.61. The van der Waals surface area contributed by atoms with Crippen molar-refractivity contribution in [1.29, 1.82) is 0 Å². The van der Waals surface area contributed by atoms with Crippen molar-refractivity contribution in [3.8, 4) is 0 Å². The Morgan fingerprint density at radius 2 is 2.16 bits per heavy atom. The summed E-state index contributed by atoms with van der Waals surface area (Å²) in [5, 5.41) is 10.3. The topological polar surface area (TPSA) is 62.2 Å². The van der Waals surface area contributed by atoms with Crippen LogP contribution in [0.3, 0.4) is 0 Å². The molecule has 0 aromatic carbocycles. The van der Waals surface area contributed by atoms with E-state index < -0.39 is 0 Å². The lowest BCUT2D eigenvalue weighted by Gasteiger charge is -2.27. The van der Waals surface area contributed by atoms with Gasteiger partial charge in [0.1, 0.15) is 0 Å². The summed E-state index contributed by atoms with van der Waals surface area (Å²) in [6, 6.07) is 0. The fraction of sp³-hybridized carbons (Fsp3) is 0.667. The number of nitrogens with one attached hydrogen (secondary N) is 2. The van der Waals surface area contributed by atoms with Crippen molar-refractivity contribution in [1.82, 2.24) is 25.3 Å². The quantitative estimate of drug-likeness (QED) is 0.804. The number of amides is 1. The van der Waals surface area contributed by atoms with Crippen LogP contribution in [0.25, 0.3) is 0 Å². The van der Waals surface area contributed by atoms with Crippen LogP contribution in [-0.2, 0) is 7.05 Å². The van der Waals surface area contributed by atoms with Crippen LogP contribution in [0.1, 0.15) is 16.1 Å². The lowest BCUT2D eigenvalue weighted by Crippen LogP contribution is -2.46. The molecule has 0 atom stereocenters. The molecule has 1 aromatic heterocycles. The number of aryl methyl sites for hydroxylation is 1. The number of hydrogen-bond donors (Lipinski definition) is 2. The van der Waals surface area contributed by atoms with Gasteiger partial charge in [-0.15, -0.1) is 12.4 Å². The first-order valence-corrected chi connectivity index (χ1v) is 6.38.